The number of hydrogen-bond acceptors (Lipinski definition) is 7. The van der Waals surface area contributed by atoms with Crippen LogP contribution in [0.2, 0.25) is 0 Å². The van der Waals surface area contributed by atoms with E-state index >= 15 is 0 Å². The molecule has 0 radical (unpaired) electrons. The number of aromatic nitrogens is 3. The second-order valence-electron chi connectivity index (χ2n) is 10.2. The fourth-order valence-electron chi connectivity index (χ4n) is 5.50. The van der Waals surface area contributed by atoms with Crippen LogP contribution in [0.3, 0.4) is 0 Å². The predicted octanol–water partition coefficient (Wildman–Crippen LogP) is 3.17. The first kappa shape index (κ1) is 25.9. The molecule has 0 spiro atoms. The zero-order valence-corrected chi connectivity index (χ0v) is 22.1. The van der Waals surface area contributed by atoms with E-state index in [1.807, 2.05) is 36.4 Å². The van der Waals surface area contributed by atoms with Gasteiger partial charge in [-0.25, -0.2) is 0 Å². The molecule has 0 bridgehead atoms. The molecule has 0 unspecified atom stereocenters. The summed E-state index contributed by atoms with van der Waals surface area (Å²) in [7, 11) is 0. The molecule has 1 aliphatic heterocycles. The highest BCUT2D eigenvalue weighted by molar-refractivity contribution is 6.26. The van der Waals surface area contributed by atoms with E-state index in [0.717, 1.165) is 67.9 Å². The third-order valence-electron chi connectivity index (χ3n) is 7.70. The summed E-state index contributed by atoms with van der Waals surface area (Å²) in [6, 6.07) is 20.1. The lowest BCUT2D eigenvalue weighted by molar-refractivity contribution is -0.749. The number of hydrogen-bond donors (Lipinski definition) is 1. The monoisotopic (exact) mass is 538 g/mol. The maximum absolute atomic E-state index is 13.1. The van der Waals surface area contributed by atoms with Crippen LogP contribution in [0.4, 0.5) is 0 Å². The van der Waals surface area contributed by atoms with Crippen LogP contribution in [0.15, 0.2) is 66.7 Å². The second-order valence-corrected chi connectivity index (χ2v) is 10.2. The Morgan fingerprint density at radius 1 is 0.850 bits per heavy atom. The molecular formula is C31H30N4O5. The Hall–Kier alpha value is -4.34. The van der Waals surface area contributed by atoms with Crippen molar-refractivity contribution in [1.82, 2.24) is 14.7 Å². The number of rotatable bonds is 8. The highest BCUT2D eigenvalue weighted by Crippen LogP contribution is 2.31. The van der Waals surface area contributed by atoms with Crippen LogP contribution in [0.25, 0.3) is 11.1 Å². The number of phenolic OH excluding ortho intramolecular Hbond substituents is 1. The van der Waals surface area contributed by atoms with Gasteiger partial charge in [0.15, 0.2) is 5.69 Å². The molecule has 0 amide bonds. The molecule has 3 aromatic carbocycles. The van der Waals surface area contributed by atoms with E-state index in [1.165, 1.54) is 4.68 Å². The minimum absolute atomic E-state index is 0.0327. The van der Waals surface area contributed by atoms with Crippen molar-refractivity contribution in [2.24, 2.45) is 0 Å². The van der Waals surface area contributed by atoms with E-state index in [4.69, 9.17) is 4.74 Å². The zero-order valence-electron chi connectivity index (χ0n) is 22.1. The Bertz CT molecular complexity index is 1570. The molecule has 2 aliphatic rings. The molecular weight excluding hydrogens is 508 g/mol. The van der Waals surface area contributed by atoms with Crippen molar-refractivity contribution in [2.45, 2.75) is 25.8 Å². The van der Waals surface area contributed by atoms with E-state index in [9.17, 15) is 19.9 Å². The van der Waals surface area contributed by atoms with Gasteiger partial charge in [0.25, 0.3) is 0 Å². The lowest BCUT2D eigenvalue weighted by Crippen LogP contribution is -2.41. The van der Waals surface area contributed by atoms with Crippen LogP contribution in [0.1, 0.15) is 49.7 Å². The van der Waals surface area contributed by atoms with Gasteiger partial charge in [-0.15, -0.1) is 4.68 Å². The van der Waals surface area contributed by atoms with Crippen LogP contribution >= 0.6 is 0 Å². The fourth-order valence-corrected chi connectivity index (χ4v) is 5.50. The highest BCUT2D eigenvalue weighted by Gasteiger charge is 2.39. The van der Waals surface area contributed by atoms with E-state index in [0.29, 0.717) is 11.4 Å². The largest absolute Gasteiger partial charge is 0.571 e. The summed E-state index contributed by atoms with van der Waals surface area (Å²) in [4.78, 5) is 28.7. The molecule has 9 nitrogen and oxygen atoms in total. The molecule has 204 valence electrons. The van der Waals surface area contributed by atoms with E-state index < -0.39 is 5.78 Å². The Morgan fingerprint density at radius 2 is 1.55 bits per heavy atom. The van der Waals surface area contributed by atoms with Crippen LogP contribution in [-0.4, -0.2) is 64.2 Å². The van der Waals surface area contributed by atoms with Gasteiger partial charge in [0, 0.05) is 39.8 Å². The SMILES string of the molecule is O=C1c2ccccc2C(=O)c2c1n[n+]([O-])n2CCc1ccc(-c2ccc(CCCN3CCOCC3)cc2O)cc1. The zero-order chi connectivity index (χ0) is 27.6. The molecule has 0 saturated carbocycles. The Labute approximate surface area is 231 Å². The smallest absolute Gasteiger partial charge is 0.220 e. The Balaban J connectivity index is 1.11. The van der Waals surface area contributed by atoms with Crippen LogP contribution < -0.4 is 4.96 Å². The standard InChI is InChI=1S/C31H30N4O5/c36-27-20-22(4-3-14-33-16-18-40-19-17-33)9-12-24(27)23-10-7-21(8-11-23)13-15-34-29-28(32-35(34)39)30(37)25-5-1-2-6-26(25)31(29)38/h1-2,5-12,20,36H,3-4,13-19H2. The molecule has 0 atom stereocenters. The van der Waals surface area contributed by atoms with Gasteiger partial charge in [-0.1, -0.05) is 60.7 Å². The number of aromatic hydroxyl groups is 1. The highest BCUT2D eigenvalue weighted by atomic mass is 16.5. The van der Waals surface area contributed by atoms with E-state index in [1.54, 1.807) is 24.3 Å². The maximum atomic E-state index is 13.1. The molecule has 40 heavy (non-hydrogen) atoms. The number of carbonyl (C=O) groups is 2. The summed E-state index contributed by atoms with van der Waals surface area (Å²) >= 11 is 0. The van der Waals surface area contributed by atoms with Crippen molar-refractivity contribution >= 4 is 11.6 Å². The van der Waals surface area contributed by atoms with Gasteiger partial charge in [-0.05, 0) is 48.6 Å². The summed E-state index contributed by atoms with van der Waals surface area (Å²) < 4.78 is 6.63. The number of nitrogens with zero attached hydrogens (tertiary/aromatic N) is 4. The predicted molar refractivity (Wildman–Crippen MR) is 147 cm³/mol. The van der Waals surface area contributed by atoms with Crippen molar-refractivity contribution in [3.05, 3.63) is 106 Å². The molecule has 1 aliphatic carbocycles. The van der Waals surface area contributed by atoms with Crippen molar-refractivity contribution in [3.8, 4) is 16.9 Å². The first-order valence-electron chi connectivity index (χ1n) is 13.6. The van der Waals surface area contributed by atoms with Gasteiger partial charge in [0.2, 0.25) is 17.3 Å². The van der Waals surface area contributed by atoms with Crippen molar-refractivity contribution in [3.63, 3.8) is 0 Å². The third kappa shape index (κ3) is 5.01. The van der Waals surface area contributed by atoms with Gasteiger partial charge >= 0.3 is 0 Å². The normalized spacial score (nSPS) is 15.2. The Morgan fingerprint density at radius 3 is 2.27 bits per heavy atom. The fraction of sp³-hybridized carbons (Fsp3) is 0.290. The lowest BCUT2D eigenvalue weighted by Gasteiger charge is -2.26. The number of fused-ring (bicyclic) bond motifs is 2. The quantitative estimate of drug-likeness (QED) is 0.239. The lowest BCUT2D eigenvalue weighted by atomic mass is 9.90. The molecule has 1 N–H and O–H groups in total. The molecule has 1 saturated heterocycles. The van der Waals surface area contributed by atoms with Gasteiger partial charge in [-0.2, -0.15) is 0 Å². The average Bonchev–Trinajstić information content (AvgIpc) is 3.32. The Kier molecular flexibility index (Phi) is 7.15. The molecule has 1 aromatic heterocycles. The average molecular weight is 539 g/mol. The van der Waals surface area contributed by atoms with E-state index in [2.05, 4.69) is 16.1 Å². The van der Waals surface area contributed by atoms with Gasteiger partial charge < -0.3 is 15.1 Å². The van der Waals surface area contributed by atoms with Crippen molar-refractivity contribution < 1.29 is 24.4 Å². The minimum atomic E-state index is -0.416. The summed E-state index contributed by atoms with van der Waals surface area (Å²) in [5, 5.41) is 27.1. The van der Waals surface area contributed by atoms with Crippen LogP contribution in [0, 0.1) is 5.21 Å². The van der Waals surface area contributed by atoms with Gasteiger partial charge in [-0.3, -0.25) is 14.5 Å². The summed E-state index contributed by atoms with van der Waals surface area (Å²) in [5.41, 5.74) is 4.18. The number of benzene rings is 3. The van der Waals surface area contributed by atoms with Gasteiger partial charge in [0.05, 0.1) is 19.8 Å². The number of morpholine rings is 1. The molecule has 2 heterocycles. The topological polar surface area (TPSA) is 112 Å². The molecule has 4 aromatic rings. The summed E-state index contributed by atoms with van der Waals surface area (Å²) in [6.45, 7) is 4.78. The van der Waals surface area contributed by atoms with Crippen LogP contribution in [0.5, 0.6) is 5.75 Å². The van der Waals surface area contributed by atoms with Crippen molar-refractivity contribution in [2.75, 3.05) is 32.8 Å². The van der Waals surface area contributed by atoms with Crippen molar-refractivity contribution in [1.29, 1.82) is 0 Å². The third-order valence-corrected chi connectivity index (χ3v) is 7.70. The first-order valence-corrected chi connectivity index (χ1v) is 13.6. The summed E-state index contributed by atoms with van der Waals surface area (Å²) in [6.07, 6.45) is 2.40. The summed E-state index contributed by atoms with van der Waals surface area (Å²) in [5.74, 6) is -0.541. The molecule has 9 heteroatoms. The van der Waals surface area contributed by atoms with Gasteiger partial charge in [0.1, 0.15) is 5.75 Å². The molecule has 6 rings (SSSR count). The number of ketones is 2. The minimum Gasteiger partial charge on any atom is -0.571 e. The number of aryl methyl sites for hydroxylation is 2. The van der Waals surface area contributed by atoms with Crippen LogP contribution in [-0.2, 0) is 24.1 Å². The molecule has 1 fully saturated rings. The first-order chi connectivity index (χ1) is 19.5. The second kappa shape index (κ2) is 11.0. The maximum Gasteiger partial charge on any atom is 0.220 e. The number of carbonyl (C=O) groups excluding carboxylic acids is 2. The number of ether oxygens (including phenoxy) is 1. The number of phenols is 1. The van der Waals surface area contributed by atoms with E-state index in [-0.39, 0.29) is 40.6 Å².